The molecule has 2 rings (SSSR count). The monoisotopic (exact) mass is 226 g/mol. The average molecular weight is 227 g/mol. The van der Waals surface area contributed by atoms with Gasteiger partial charge in [0.05, 0.1) is 6.61 Å². The highest BCUT2D eigenvalue weighted by Crippen LogP contribution is 2.12. The zero-order chi connectivity index (χ0) is 10.8. The molecule has 2 heterocycles. The lowest BCUT2D eigenvalue weighted by Crippen LogP contribution is -2.09. The van der Waals surface area contributed by atoms with E-state index in [1.807, 2.05) is 0 Å². The number of rotatable bonds is 2. The number of hydrogen-bond donors (Lipinski definition) is 0. The Labute approximate surface area is 89.9 Å². The molecular formula is C8H7ClN4O2. The first-order chi connectivity index (χ1) is 7.24. The van der Waals surface area contributed by atoms with Crippen LogP contribution in [-0.4, -0.2) is 32.2 Å². The number of fused-ring (bicyclic) bond motifs is 1. The molecule has 0 aliphatic carbocycles. The highest BCUT2D eigenvalue weighted by molar-refractivity contribution is 6.32. The van der Waals surface area contributed by atoms with Crippen molar-refractivity contribution >= 4 is 23.2 Å². The number of ether oxygens (including phenoxy) is 1. The van der Waals surface area contributed by atoms with Gasteiger partial charge in [0.1, 0.15) is 0 Å². The summed E-state index contributed by atoms with van der Waals surface area (Å²) in [6.45, 7) is 2.00. The van der Waals surface area contributed by atoms with E-state index in [0.717, 1.165) is 0 Å². The standard InChI is InChI=1S/C8H7ClN4O2/c1-2-15-8(14)7-12-11-6-5(9)10-3-4-13(6)7/h3-4H,2H2,1H3. The Morgan fingerprint density at radius 2 is 2.40 bits per heavy atom. The minimum absolute atomic E-state index is 0.0937. The van der Waals surface area contributed by atoms with Gasteiger partial charge in [-0.1, -0.05) is 11.6 Å². The number of esters is 1. The van der Waals surface area contributed by atoms with Gasteiger partial charge >= 0.3 is 5.97 Å². The third kappa shape index (κ3) is 1.63. The van der Waals surface area contributed by atoms with Crippen molar-refractivity contribution in [1.29, 1.82) is 0 Å². The lowest BCUT2D eigenvalue weighted by atomic mass is 10.6. The second-order valence-corrected chi connectivity index (χ2v) is 3.01. The topological polar surface area (TPSA) is 69.4 Å². The Hall–Kier alpha value is -1.69. The summed E-state index contributed by atoms with van der Waals surface area (Å²) in [6.07, 6.45) is 3.01. The second-order valence-electron chi connectivity index (χ2n) is 2.66. The molecule has 6 nitrogen and oxygen atoms in total. The molecule has 0 radical (unpaired) electrons. The lowest BCUT2D eigenvalue weighted by Gasteiger charge is -1.99. The number of aromatic nitrogens is 4. The SMILES string of the molecule is CCOC(=O)c1nnc2c(Cl)nccn12. The van der Waals surface area contributed by atoms with Crippen molar-refractivity contribution in [3.8, 4) is 0 Å². The molecule has 0 unspecified atom stereocenters. The molecule has 0 aromatic carbocycles. The van der Waals surface area contributed by atoms with Gasteiger partial charge in [0.15, 0.2) is 10.8 Å². The van der Waals surface area contributed by atoms with Crippen LogP contribution >= 0.6 is 11.6 Å². The van der Waals surface area contributed by atoms with Gasteiger partial charge in [0.25, 0.3) is 0 Å². The third-order valence-electron chi connectivity index (χ3n) is 1.74. The summed E-state index contributed by atoms with van der Waals surface area (Å²) < 4.78 is 6.25. The van der Waals surface area contributed by atoms with Crippen molar-refractivity contribution in [1.82, 2.24) is 19.6 Å². The minimum atomic E-state index is -0.535. The molecule has 0 fully saturated rings. The normalized spacial score (nSPS) is 10.5. The van der Waals surface area contributed by atoms with Crippen LogP contribution < -0.4 is 0 Å². The molecule has 78 valence electrons. The van der Waals surface area contributed by atoms with Gasteiger partial charge in [0.2, 0.25) is 5.82 Å². The summed E-state index contributed by atoms with van der Waals surface area (Å²) in [7, 11) is 0. The van der Waals surface area contributed by atoms with E-state index in [4.69, 9.17) is 16.3 Å². The Morgan fingerprint density at radius 1 is 1.60 bits per heavy atom. The quantitative estimate of drug-likeness (QED) is 0.714. The molecule has 7 heteroatoms. The molecule has 2 aromatic heterocycles. The molecule has 0 amide bonds. The fraction of sp³-hybridized carbons (Fsp3) is 0.250. The second kappa shape index (κ2) is 3.82. The zero-order valence-corrected chi connectivity index (χ0v) is 8.60. The number of nitrogens with zero attached hydrogens (tertiary/aromatic N) is 4. The van der Waals surface area contributed by atoms with Crippen LogP contribution in [0.2, 0.25) is 5.15 Å². The molecule has 0 aliphatic rings. The summed E-state index contributed by atoms with van der Waals surface area (Å²) in [4.78, 5) is 15.2. The van der Waals surface area contributed by atoms with Crippen LogP contribution in [0.3, 0.4) is 0 Å². The number of hydrogen-bond acceptors (Lipinski definition) is 5. The van der Waals surface area contributed by atoms with Crippen molar-refractivity contribution in [3.05, 3.63) is 23.4 Å². The van der Waals surface area contributed by atoms with Gasteiger partial charge in [-0.3, -0.25) is 4.40 Å². The molecule has 0 atom stereocenters. The van der Waals surface area contributed by atoms with E-state index in [9.17, 15) is 4.79 Å². The number of halogens is 1. The van der Waals surface area contributed by atoms with Crippen molar-refractivity contribution in [2.24, 2.45) is 0 Å². The summed E-state index contributed by atoms with van der Waals surface area (Å²) in [5.74, 6) is -0.441. The zero-order valence-electron chi connectivity index (χ0n) is 7.85. The fourth-order valence-corrected chi connectivity index (χ4v) is 1.32. The van der Waals surface area contributed by atoms with E-state index in [2.05, 4.69) is 15.2 Å². The first-order valence-electron chi connectivity index (χ1n) is 4.26. The van der Waals surface area contributed by atoms with Gasteiger partial charge in [-0.15, -0.1) is 10.2 Å². The largest absolute Gasteiger partial charge is 0.460 e. The Balaban J connectivity index is 2.54. The minimum Gasteiger partial charge on any atom is -0.460 e. The van der Waals surface area contributed by atoms with Crippen LogP contribution in [0.5, 0.6) is 0 Å². The van der Waals surface area contributed by atoms with Gasteiger partial charge < -0.3 is 4.74 Å². The van der Waals surface area contributed by atoms with Crippen LogP contribution in [0.15, 0.2) is 12.4 Å². The number of carbonyl (C=O) groups excluding carboxylic acids is 1. The molecule has 0 N–H and O–H groups in total. The molecule has 0 saturated carbocycles. The molecule has 0 aliphatic heterocycles. The van der Waals surface area contributed by atoms with Crippen molar-refractivity contribution < 1.29 is 9.53 Å². The van der Waals surface area contributed by atoms with Crippen molar-refractivity contribution in [3.63, 3.8) is 0 Å². The van der Waals surface area contributed by atoms with Gasteiger partial charge in [-0.2, -0.15) is 0 Å². The van der Waals surface area contributed by atoms with Gasteiger partial charge in [-0.25, -0.2) is 9.78 Å². The smallest absolute Gasteiger partial charge is 0.376 e. The average Bonchev–Trinajstić information content (AvgIpc) is 2.63. The molecular weight excluding hydrogens is 220 g/mol. The van der Waals surface area contributed by atoms with E-state index < -0.39 is 5.97 Å². The summed E-state index contributed by atoms with van der Waals surface area (Å²) in [5, 5.41) is 7.62. The van der Waals surface area contributed by atoms with Crippen molar-refractivity contribution in [2.45, 2.75) is 6.92 Å². The highest BCUT2D eigenvalue weighted by Gasteiger charge is 2.16. The van der Waals surface area contributed by atoms with E-state index >= 15 is 0 Å². The first kappa shape index (κ1) is 9.85. The molecule has 0 bridgehead atoms. The molecule has 15 heavy (non-hydrogen) atoms. The van der Waals surface area contributed by atoms with E-state index in [-0.39, 0.29) is 17.6 Å². The Bertz CT molecular complexity index is 510. The van der Waals surface area contributed by atoms with Gasteiger partial charge in [0, 0.05) is 12.4 Å². The van der Waals surface area contributed by atoms with Crippen LogP contribution in [0, 0.1) is 0 Å². The summed E-state index contributed by atoms with van der Waals surface area (Å²) in [5.41, 5.74) is 0.335. The van der Waals surface area contributed by atoms with Crippen LogP contribution in [-0.2, 0) is 4.74 Å². The van der Waals surface area contributed by atoms with Crippen LogP contribution in [0.1, 0.15) is 17.5 Å². The third-order valence-corrected chi connectivity index (χ3v) is 2.01. The van der Waals surface area contributed by atoms with Crippen LogP contribution in [0.4, 0.5) is 0 Å². The summed E-state index contributed by atoms with van der Waals surface area (Å²) >= 11 is 5.77. The van der Waals surface area contributed by atoms with Gasteiger partial charge in [-0.05, 0) is 6.92 Å². The maximum absolute atomic E-state index is 11.4. The maximum atomic E-state index is 11.4. The molecule has 2 aromatic rings. The molecule has 0 saturated heterocycles. The van der Waals surface area contributed by atoms with E-state index in [1.165, 1.54) is 10.6 Å². The first-order valence-corrected chi connectivity index (χ1v) is 4.64. The predicted octanol–water partition coefficient (Wildman–Crippen LogP) is 0.954. The maximum Gasteiger partial charge on any atom is 0.376 e. The van der Waals surface area contributed by atoms with E-state index in [0.29, 0.717) is 5.65 Å². The summed E-state index contributed by atoms with van der Waals surface area (Å²) in [6, 6.07) is 0. The lowest BCUT2D eigenvalue weighted by molar-refractivity contribution is 0.0510. The highest BCUT2D eigenvalue weighted by atomic mass is 35.5. The predicted molar refractivity (Wildman–Crippen MR) is 51.7 cm³/mol. The molecule has 0 spiro atoms. The fourth-order valence-electron chi connectivity index (χ4n) is 1.13. The van der Waals surface area contributed by atoms with Crippen LogP contribution in [0.25, 0.3) is 5.65 Å². The Kier molecular flexibility index (Phi) is 2.51. The Morgan fingerprint density at radius 3 is 3.13 bits per heavy atom. The van der Waals surface area contributed by atoms with Crippen molar-refractivity contribution in [2.75, 3.05) is 6.61 Å². The van der Waals surface area contributed by atoms with E-state index in [1.54, 1.807) is 13.1 Å². The number of carbonyl (C=O) groups is 1.